The molecule has 2 aromatic heterocycles. The average Bonchev–Trinajstić information content (AvgIpc) is 3.49. The molecule has 0 saturated carbocycles. The highest BCUT2D eigenvalue weighted by Gasteiger charge is 2.42. The third-order valence-corrected chi connectivity index (χ3v) is 6.90. The van der Waals surface area contributed by atoms with Gasteiger partial charge in [0.1, 0.15) is 11.8 Å². The third kappa shape index (κ3) is 4.59. The normalized spacial score (nSPS) is 17.1. The number of thiocarbonyl (C=S) groups is 1. The van der Waals surface area contributed by atoms with Crippen molar-refractivity contribution in [2.75, 3.05) is 17.3 Å². The molecule has 0 unspecified atom stereocenters. The molecule has 9 heteroatoms. The minimum atomic E-state index is -0.218. The Balaban J connectivity index is 1.66. The Hall–Kier alpha value is -3.69. The Labute approximate surface area is 223 Å². The molecule has 1 saturated heterocycles. The van der Waals surface area contributed by atoms with Gasteiger partial charge in [-0.3, -0.25) is 9.78 Å². The van der Waals surface area contributed by atoms with E-state index in [1.807, 2.05) is 60.8 Å². The molecule has 0 radical (unpaired) electrons. The first-order valence-electron chi connectivity index (χ1n) is 11.4. The Morgan fingerprint density at radius 2 is 1.86 bits per heavy atom. The van der Waals surface area contributed by atoms with Crippen LogP contribution >= 0.6 is 28.1 Å². The Morgan fingerprint density at radius 3 is 2.56 bits per heavy atom. The van der Waals surface area contributed by atoms with E-state index in [1.54, 1.807) is 13.3 Å². The van der Waals surface area contributed by atoms with Crippen molar-refractivity contribution in [3.63, 3.8) is 0 Å². The van der Waals surface area contributed by atoms with Crippen LogP contribution in [0.1, 0.15) is 30.4 Å². The highest BCUT2D eigenvalue weighted by Crippen LogP contribution is 2.43. The van der Waals surface area contributed by atoms with E-state index in [1.165, 1.54) is 6.92 Å². The molecule has 1 aliphatic rings. The summed E-state index contributed by atoms with van der Waals surface area (Å²) in [5.74, 6) is 0.391. The van der Waals surface area contributed by atoms with Gasteiger partial charge in [0.05, 0.1) is 24.5 Å². The van der Waals surface area contributed by atoms with Gasteiger partial charge >= 0.3 is 0 Å². The molecule has 5 rings (SSSR count). The minimum absolute atomic E-state index is 0.181. The van der Waals surface area contributed by atoms with Crippen LogP contribution in [-0.4, -0.2) is 27.7 Å². The molecule has 182 valence electrons. The predicted octanol–water partition coefficient (Wildman–Crippen LogP) is 5.78. The number of ether oxygens (including phenoxy) is 1. The van der Waals surface area contributed by atoms with Crippen molar-refractivity contribution >= 4 is 50.5 Å². The summed E-state index contributed by atoms with van der Waals surface area (Å²) in [5.41, 5.74) is 4.35. The lowest BCUT2D eigenvalue weighted by molar-refractivity contribution is -0.114. The van der Waals surface area contributed by atoms with E-state index in [-0.39, 0.29) is 18.0 Å². The second-order valence-electron chi connectivity index (χ2n) is 8.34. The van der Waals surface area contributed by atoms with Gasteiger partial charge in [0.25, 0.3) is 0 Å². The molecule has 1 aliphatic heterocycles. The van der Waals surface area contributed by atoms with E-state index in [4.69, 9.17) is 17.0 Å². The van der Waals surface area contributed by atoms with Crippen LogP contribution in [0.4, 0.5) is 11.4 Å². The Morgan fingerprint density at radius 1 is 1.08 bits per heavy atom. The molecule has 2 N–H and O–H groups in total. The van der Waals surface area contributed by atoms with Gasteiger partial charge in [-0.1, -0.05) is 22.0 Å². The van der Waals surface area contributed by atoms with E-state index in [2.05, 4.69) is 59.2 Å². The fourth-order valence-corrected chi connectivity index (χ4v) is 5.15. The summed E-state index contributed by atoms with van der Waals surface area (Å²) in [5, 5.41) is 6.92. The lowest BCUT2D eigenvalue weighted by Crippen LogP contribution is -2.30. The summed E-state index contributed by atoms with van der Waals surface area (Å²) in [4.78, 5) is 18.6. The summed E-state index contributed by atoms with van der Waals surface area (Å²) in [7, 11) is 1.58. The fourth-order valence-electron chi connectivity index (χ4n) is 4.54. The van der Waals surface area contributed by atoms with Crippen LogP contribution in [0.25, 0.3) is 5.69 Å². The van der Waals surface area contributed by atoms with E-state index >= 15 is 0 Å². The number of nitrogens with one attached hydrogen (secondary N) is 2. The number of hydrogen-bond donors (Lipinski definition) is 2. The molecule has 1 fully saturated rings. The van der Waals surface area contributed by atoms with Gasteiger partial charge in [-0.15, -0.1) is 0 Å². The number of halogens is 1. The van der Waals surface area contributed by atoms with Crippen LogP contribution in [0.15, 0.2) is 89.7 Å². The quantitative estimate of drug-likeness (QED) is 0.291. The summed E-state index contributed by atoms with van der Waals surface area (Å²) in [6.07, 6.45) is 3.83. The van der Waals surface area contributed by atoms with Gasteiger partial charge in [0.2, 0.25) is 5.91 Å². The van der Waals surface area contributed by atoms with Crippen molar-refractivity contribution in [2.24, 2.45) is 0 Å². The molecule has 0 bridgehead atoms. The van der Waals surface area contributed by atoms with Crippen molar-refractivity contribution in [2.45, 2.75) is 19.0 Å². The Bertz CT molecular complexity index is 1410. The maximum absolute atomic E-state index is 11.9. The second-order valence-corrected chi connectivity index (χ2v) is 9.64. The number of pyridine rings is 1. The van der Waals surface area contributed by atoms with E-state index < -0.39 is 0 Å². The number of anilines is 2. The number of amides is 1. The molecule has 0 spiro atoms. The summed E-state index contributed by atoms with van der Waals surface area (Å²) in [6, 6.07) is 23.4. The van der Waals surface area contributed by atoms with Gasteiger partial charge < -0.3 is 24.8 Å². The lowest BCUT2D eigenvalue weighted by atomic mass is 10.0. The maximum atomic E-state index is 11.9. The van der Waals surface area contributed by atoms with Gasteiger partial charge in [-0.05, 0) is 78.9 Å². The lowest BCUT2D eigenvalue weighted by Gasteiger charge is -2.29. The smallest absolute Gasteiger partial charge is 0.221 e. The number of hydrogen-bond acceptors (Lipinski definition) is 4. The van der Waals surface area contributed by atoms with Crippen LogP contribution in [0.3, 0.4) is 0 Å². The first kappa shape index (κ1) is 24.0. The van der Waals surface area contributed by atoms with E-state index in [0.29, 0.717) is 16.5 Å². The zero-order valence-corrected chi connectivity index (χ0v) is 22.1. The monoisotopic (exact) mass is 561 g/mol. The number of methoxy groups -OCH3 is 1. The standard InChI is InChI=1S/C27H24BrN5O2S/c1-17(34)30-22-16-20(12-13-24(22)35-2)33-26(25(31-27(33)36)21-6-3-4-14-29-21)23-7-5-15-32(23)19-10-8-18(28)9-11-19/h3-16,25-26H,1-2H3,(H,30,34)(H,31,36)/t25-,26-/m0/s1. The van der Waals surface area contributed by atoms with Crippen molar-refractivity contribution < 1.29 is 9.53 Å². The largest absolute Gasteiger partial charge is 0.495 e. The molecule has 2 aromatic carbocycles. The zero-order chi connectivity index (χ0) is 25.2. The molecule has 4 aromatic rings. The van der Waals surface area contributed by atoms with Crippen molar-refractivity contribution in [3.8, 4) is 11.4 Å². The van der Waals surface area contributed by atoms with Crippen molar-refractivity contribution in [1.29, 1.82) is 0 Å². The highest BCUT2D eigenvalue weighted by atomic mass is 79.9. The Kier molecular flexibility index (Phi) is 6.75. The molecule has 7 nitrogen and oxygen atoms in total. The molecule has 3 heterocycles. The van der Waals surface area contributed by atoms with Crippen molar-refractivity contribution in [1.82, 2.24) is 14.9 Å². The number of carbonyl (C=O) groups excluding carboxylic acids is 1. The number of nitrogens with zero attached hydrogens (tertiary/aromatic N) is 3. The first-order valence-corrected chi connectivity index (χ1v) is 12.6. The minimum Gasteiger partial charge on any atom is -0.495 e. The zero-order valence-electron chi connectivity index (χ0n) is 19.7. The van der Waals surface area contributed by atoms with Crippen LogP contribution in [0.2, 0.25) is 0 Å². The molecular formula is C27H24BrN5O2S. The SMILES string of the molecule is COc1ccc(N2C(=S)N[C@@H](c3ccccn3)[C@@H]2c2cccn2-c2ccc(Br)cc2)cc1NC(C)=O. The second kappa shape index (κ2) is 10.1. The van der Waals surface area contributed by atoms with Gasteiger partial charge in [-0.25, -0.2) is 0 Å². The topological polar surface area (TPSA) is 71.4 Å². The maximum Gasteiger partial charge on any atom is 0.221 e. The van der Waals surface area contributed by atoms with Gasteiger partial charge in [-0.2, -0.15) is 0 Å². The number of benzene rings is 2. The number of aromatic nitrogens is 2. The number of carbonyl (C=O) groups is 1. The van der Waals surface area contributed by atoms with Crippen molar-refractivity contribution in [3.05, 3.63) is 101 Å². The summed E-state index contributed by atoms with van der Waals surface area (Å²) in [6.45, 7) is 1.47. The molecular weight excluding hydrogens is 538 g/mol. The van der Waals surface area contributed by atoms with E-state index in [0.717, 1.165) is 27.2 Å². The van der Waals surface area contributed by atoms with Gasteiger partial charge in [0, 0.05) is 40.9 Å². The summed E-state index contributed by atoms with van der Waals surface area (Å²) >= 11 is 9.40. The summed E-state index contributed by atoms with van der Waals surface area (Å²) < 4.78 is 8.64. The highest BCUT2D eigenvalue weighted by molar-refractivity contribution is 9.10. The van der Waals surface area contributed by atoms with E-state index in [9.17, 15) is 4.79 Å². The molecule has 36 heavy (non-hydrogen) atoms. The van der Waals surface area contributed by atoms with Crippen LogP contribution in [0.5, 0.6) is 5.75 Å². The van der Waals surface area contributed by atoms with Gasteiger partial charge in [0.15, 0.2) is 5.11 Å². The average molecular weight is 562 g/mol. The molecule has 0 aliphatic carbocycles. The molecule has 2 atom stereocenters. The van der Waals surface area contributed by atoms with Crippen LogP contribution < -0.4 is 20.3 Å². The fraction of sp³-hybridized carbons (Fsp3) is 0.148. The molecule has 1 amide bonds. The van der Waals surface area contributed by atoms with Crippen LogP contribution in [0, 0.1) is 0 Å². The predicted molar refractivity (Wildman–Crippen MR) is 149 cm³/mol. The third-order valence-electron chi connectivity index (χ3n) is 6.06. The number of rotatable bonds is 6. The van der Waals surface area contributed by atoms with Crippen LogP contribution in [-0.2, 0) is 4.79 Å². The first-order chi connectivity index (χ1) is 17.5.